The van der Waals surface area contributed by atoms with Gasteiger partial charge in [-0.2, -0.15) is 14.7 Å². The van der Waals surface area contributed by atoms with E-state index in [1.165, 1.54) is 70.3 Å². The number of aromatic nitrogens is 8. The van der Waals surface area contributed by atoms with Gasteiger partial charge in [0.2, 0.25) is 10.9 Å². The lowest BCUT2D eigenvalue weighted by atomic mass is 10.0. The standard InChI is InChI=1S/C12H8.C11H7NO.C10H7NO2S.C8H12N4.C8H8O2.C7H10N4.C7H6O2.C6H10N2O2.5C2H6/c1-3-9-4-2-6-11-8-7-10(5-1)12(9)11;13-11-8-5-1-3-7-4-2-6-9(12-11)10(7)8;12-14(13)9-6-2-4-7-3-1-5-8(11-14)10(7)9;1-5-6(2)9-12-7(3)10-11(4)8(5)12;1-10-8-6-4-2-3-5-7(8)9;1-4-5(2)10-11-6(3)8-9-7(4)11;8-6-4-2-1-3-5-7(6)9;1-4-5(9)8(3)6(10)7(4)2;5*1-2/h1-8H;1-6H,(H,12,13);1-6,11H;1-4H3;2-6H,1H3;10H,1-3H3;1-5H,(H,8,9);4H,1-3H3;5*1-2H3. The SMILES string of the molecule is C1=Cc2cccc3cccc1c23.CC.CC.CC.CC.CC.CC1C(=O)N(C)C(=O)N1C.COc1cccccc1=O.Cc1[nH]n2c(C)nnc2c1C.Cc1nn2c(C)nn(C)c2c1C.O=C1Nc2cccc3cccc1c23.O=S1(=O)Nc2cccc3cccc1c23.O=c1cccccc1O. The summed E-state index contributed by atoms with van der Waals surface area (Å²) in [6.45, 7) is 33.7. The second-order valence-electron chi connectivity index (χ2n) is 21.4. The van der Waals surface area contributed by atoms with Crippen molar-refractivity contribution < 1.29 is 32.6 Å². The molecular weight excluding hydrogens is 1290 g/mol. The molecule has 21 nitrogen and oxygen atoms in total. The zero-order valence-corrected chi connectivity index (χ0v) is 62.9. The first kappa shape index (κ1) is 82.2. The Bertz CT molecular complexity index is 4970. The van der Waals surface area contributed by atoms with E-state index in [2.05, 4.69) is 91.0 Å². The molecule has 534 valence electrons. The highest BCUT2D eigenvalue weighted by atomic mass is 32.2. The normalized spacial score (nSPS) is 12.7. The van der Waals surface area contributed by atoms with Crippen LogP contribution in [0.15, 0.2) is 184 Å². The van der Waals surface area contributed by atoms with Gasteiger partial charge in [-0.1, -0.05) is 203 Å². The topological polar surface area (TPSA) is 261 Å². The lowest BCUT2D eigenvalue weighted by Gasteiger charge is -2.09. The number of likely N-dealkylation sites (N-methyl/N-ethyl adjacent to an activating group) is 2. The van der Waals surface area contributed by atoms with Gasteiger partial charge in [-0.3, -0.25) is 33.9 Å². The lowest BCUT2D eigenvalue weighted by Crippen LogP contribution is -2.28. The molecule has 8 aromatic carbocycles. The number of aromatic hydroxyl groups is 1. The molecule has 0 spiro atoms. The van der Waals surface area contributed by atoms with Crippen molar-refractivity contribution in [2.24, 2.45) is 7.05 Å². The van der Waals surface area contributed by atoms with Crippen LogP contribution in [0.3, 0.4) is 0 Å². The zero-order valence-electron chi connectivity index (χ0n) is 62.0. The number of hydrogen-bond acceptors (Lipinski definition) is 13. The van der Waals surface area contributed by atoms with Gasteiger partial charge in [0.1, 0.15) is 17.7 Å². The van der Waals surface area contributed by atoms with E-state index in [9.17, 15) is 32.4 Å². The fourth-order valence-electron chi connectivity index (χ4n) is 10.3. The van der Waals surface area contributed by atoms with Crippen LogP contribution in [0.2, 0.25) is 0 Å². The number of aromatic amines is 1. The average Bonchev–Trinajstić information content (AvgIpc) is 1.62. The molecule has 3 aliphatic heterocycles. The molecule has 7 heterocycles. The minimum Gasteiger partial charge on any atom is -0.504 e. The Kier molecular flexibility index (Phi) is 32.0. The van der Waals surface area contributed by atoms with Crippen molar-refractivity contribution in [3.05, 3.63) is 241 Å². The Morgan fingerprint density at radius 2 is 1.03 bits per heavy atom. The molecular formula is C79H98N12O9S. The number of fused-ring (bicyclic) bond motifs is 2. The summed E-state index contributed by atoms with van der Waals surface area (Å²) in [4.78, 5) is 57.8. The van der Waals surface area contributed by atoms with Crippen LogP contribution in [0.25, 0.3) is 55.8 Å². The van der Waals surface area contributed by atoms with Crippen molar-refractivity contribution >= 4 is 95.0 Å². The Labute approximate surface area is 593 Å². The number of benzene rings is 6. The average molecular weight is 1390 g/mol. The van der Waals surface area contributed by atoms with E-state index < -0.39 is 10.0 Å². The van der Waals surface area contributed by atoms with E-state index in [0.717, 1.165) is 72.0 Å². The summed E-state index contributed by atoms with van der Waals surface area (Å²) in [6, 6.07) is 50.7. The van der Waals surface area contributed by atoms with Crippen LogP contribution in [0.4, 0.5) is 16.2 Å². The van der Waals surface area contributed by atoms with Gasteiger partial charge in [0, 0.05) is 60.0 Å². The molecule has 4 aliphatic rings. The molecule has 101 heavy (non-hydrogen) atoms. The summed E-state index contributed by atoms with van der Waals surface area (Å²) in [6.07, 6.45) is 4.36. The number of methoxy groups -OCH3 is 1. The quantitative estimate of drug-likeness (QED) is 0.112. The molecule has 1 fully saturated rings. The predicted octanol–water partition coefficient (Wildman–Crippen LogP) is 16.5. The predicted molar refractivity (Wildman–Crippen MR) is 413 cm³/mol. The first-order chi connectivity index (χ1) is 48.5. The highest BCUT2D eigenvalue weighted by molar-refractivity contribution is 7.93. The maximum Gasteiger partial charge on any atom is 0.326 e. The highest BCUT2D eigenvalue weighted by Gasteiger charge is 2.37. The summed E-state index contributed by atoms with van der Waals surface area (Å²) in [5.74, 6) is 1.88. The third-order valence-electron chi connectivity index (χ3n) is 15.5. The van der Waals surface area contributed by atoms with Gasteiger partial charge in [-0.15, -0.1) is 10.2 Å². The van der Waals surface area contributed by atoms with Crippen LogP contribution in [-0.4, -0.2) is 108 Å². The van der Waals surface area contributed by atoms with E-state index >= 15 is 0 Å². The largest absolute Gasteiger partial charge is 0.504 e. The van der Waals surface area contributed by atoms with Crippen molar-refractivity contribution in [3.8, 4) is 11.5 Å². The van der Waals surface area contributed by atoms with Crippen LogP contribution in [0.5, 0.6) is 11.5 Å². The lowest BCUT2D eigenvalue weighted by molar-refractivity contribution is -0.126. The van der Waals surface area contributed by atoms with Gasteiger partial charge >= 0.3 is 6.03 Å². The number of imide groups is 1. The molecule has 22 heteroatoms. The minimum atomic E-state index is -3.31. The number of urea groups is 1. The number of hydrogen-bond donors (Lipinski definition) is 4. The third kappa shape index (κ3) is 19.8. The second-order valence-corrected chi connectivity index (χ2v) is 23.1. The number of ether oxygens (including phenoxy) is 1. The van der Waals surface area contributed by atoms with Crippen molar-refractivity contribution in [1.82, 2.24) is 49.0 Å². The van der Waals surface area contributed by atoms with E-state index in [1.54, 1.807) is 74.6 Å². The molecule has 4 amide bonds. The minimum absolute atomic E-state index is 0.00630. The van der Waals surface area contributed by atoms with Crippen molar-refractivity contribution in [2.75, 3.05) is 31.2 Å². The van der Waals surface area contributed by atoms with Crippen LogP contribution in [0, 0.1) is 41.5 Å². The molecule has 1 aliphatic carbocycles. The van der Waals surface area contributed by atoms with Crippen molar-refractivity contribution in [1.29, 1.82) is 0 Å². The fourth-order valence-corrected chi connectivity index (χ4v) is 11.6. The molecule has 4 aromatic heterocycles. The molecule has 1 unspecified atom stereocenters. The summed E-state index contributed by atoms with van der Waals surface area (Å²) in [5.41, 5.74) is 11.3. The number of amides is 4. The van der Waals surface area contributed by atoms with Crippen molar-refractivity contribution in [3.63, 3.8) is 0 Å². The van der Waals surface area contributed by atoms with E-state index in [0.29, 0.717) is 16.3 Å². The van der Waals surface area contributed by atoms with E-state index in [4.69, 9.17) is 9.84 Å². The molecule has 12 aromatic rings. The van der Waals surface area contributed by atoms with E-state index in [-0.39, 0.29) is 40.5 Å². The molecule has 1 saturated heterocycles. The number of sulfonamides is 1. The Morgan fingerprint density at radius 3 is 1.55 bits per heavy atom. The summed E-state index contributed by atoms with van der Waals surface area (Å²) < 4.78 is 36.2. The maximum absolute atomic E-state index is 11.6. The number of carbonyl (C=O) groups excluding carboxylic acids is 3. The summed E-state index contributed by atoms with van der Waals surface area (Å²) in [5, 5.41) is 38.0. The van der Waals surface area contributed by atoms with Gasteiger partial charge in [-0.05, 0) is 130 Å². The molecule has 16 rings (SSSR count). The van der Waals surface area contributed by atoms with Gasteiger partial charge < -0.3 is 20.1 Å². The fraction of sp³-hybridized carbons (Fsp3) is 0.278. The number of aryl methyl sites for hydroxylation is 7. The van der Waals surface area contributed by atoms with Crippen LogP contribution in [0.1, 0.15) is 132 Å². The molecule has 0 bridgehead atoms. The van der Waals surface area contributed by atoms with Gasteiger partial charge in [0.05, 0.1) is 23.4 Å². The first-order valence-corrected chi connectivity index (χ1v) is 35.3. The maximum atomic E-state index is 11.6. The molecule has 0 saturated carbocycles. The Balaban J connectivity index is 0.000000241. The van der Waals surface area contributed by atoms with E-state index in [1.807, 2.05) is 179 Å². The van der Waals surface area contributed by atoms with Crippen LogP contribution < -0.4 is 25.6 Å². The molecule has 0 radical (unpaired) electrons. The first-order valence-electron chi connectivity index (χ1n) is 33.8. The number of nitrogens with one attached hydrogen (secondary N) is 3. The monoisotopic (exact) mass is 1390 g/mol. The number of H-pyrrole nitrogens is 1. The second kappa shape index (κ2) is 39.4. The highest BCUT2D eigenvalue weighted by Crippen LogP contribution is 2.37. The van der Waals surface area contributed by atoms with Crippen LogP contribution in [-0.2, 0) is 21.9 Å². The molecule has 4 N–H and O–H groups in total. The van der Waals surface area contributed by atoms with Gasteiger partial charge in [0.15, 0.2) is 22.8 Å². The zero-order chi connectivity index (χ0) is 75.4. The number of nitrogens with zero attached hydrogens (tertiary/aromatic N) is 9. The third-order valence-corrected chi connectivity index (χ3v) is 16.9. The Hall–Kier alpha value is -11.3. The summed E-state index contributed by atoms with van der Waals surface area (Å²) in [7, 11) is 3.23. The summed E-state index contributed by atoms with van der Waals surface area (Å²) >= 11 is 0. The van der Waals surface area contributed by atoms with Crippen LogP contribution >= 0.6 is 0 Å². The number of rotatable bonds is 1. The molecule has 1 atom stereocenters. The van der Waals surface area contributed by atoms with Gasteiger partial charge in [0.25, 0.3) is 21.8 Å². The number of anilines is 2. The Morgan fingerprint density at radius 1 is 0.525 bits per heavy atom. The number of carbonyl (C=O) groups is 3. The smallest absolute Gasteiger partial charge is 0.326 e. The van der Waals surface area contributed by atoms with Gasteiger partial charge in [-0.25, -0.2) is 22.4 Å². The van der Waals surface area contributed by atoms with Crippen molar-refractivity contribution in [2.45, 2.75) is 129 Å².